The molecule has 5 heteroatoms. The average Bonchev–Trinajstić information content (AvgIpc) is 2.89. The van der Waals surface area contributed by atoms with E-state index in [1.165, 1.54) is 12.8 Å². The van der Waals surface area contributed by atoms with Crippen LogP contribution in [0.5, 0.6) is 11.5 Å². The summed E-state index contributed by atoms with van der Waals surface area (Å²) in [6, 6.07) is 3.91. The minimum atomic E-state index is 0.255. The minimum Gasteiger partial charge on any atom is -0.454 e. The van der Waals surface area contributed by atoms with Crippen molar-refractivity contribution < 1.29 is 14.2 Å². The fraction of sp³-hybridized carbons (Fsp3) is 0.571. The van der Waals surface area contributed by atoms with E-state index in [2.05, 4.69) is 5.32 Å². The van der Waals surface area contributed by atoms with Gasteiger partial charge in [0, 0.05) is 19.7 Å². The molecular formula is C14H18ClNO3. The molecule has 3 rings (SSSR count). The van der Waals surface area contributed by atoms with Gasteiger partial charge >= 0.3 is 0 Å². The van der Waals surface area contributed by atoms with Crippen LogP contribution < -0.4 is 14.8 Å². The first-order valence-corrected chi connectivity index (χ1v) is 7.07. The molecule has 1 aromatic rings. The van der Waals surface area contributed by atoms with E-state index in [-0.39, 0.29) is 6.79 Å². The van der Waals surface area contributed by atoms with E-state index < -0.39 is 0 Å². The second kappa shape index (κ2) is 5.99. The van der Waals surface area contributed by atoms with E-state index in [9.17, 15) is 0 Å². The monoisotopic (exact) mass is 283 g/mol. The molecule has 0 amide bonds. The van der Waals surface area contributed by atoms with Crippen molar-refractivity contribution in [2.45, 2.75) is 19.4 Å². The second-order valence-electron chi connectivity index (χ2n) is 5.03. The van der Waals surface area contributed by atoms with Crippen molar-refractivity contribution >= 4 is 11.6 Å². The lowest BCUT2D eigenvalue weighted by Gasteiger charge is -2.22. The maximum absolute atomic E-state index is 6.15. The molecule has 1 N–H and O–H groups in total. The highest BCUT2D eigenvalue weighted by Crippen LogP contribution is 2.39. The molecule has 4 nitrogen and oxygen atoms in total. The standard InChI is InChI=1S/C14H18ClNO3/c15-12-4-11(5-13-14(12)19-9-18-13)7-16-6-10-2-1-3-17-8-10/h4-5,10,16H,1-3,6-9H2. The molecule has 0 radical (unpaired) electrons. The summed E-state index contributed by atoms with van der Waals surface area (Å²) < 4.78 is 16.1. The van der Waals surface area contributed by atoms with E-state index in [0.717, 1.165) is 37.6 Å². The largest absolute Gasteiger partial charge is 0.454 e. The maximum Gasteiger partial charge on any atom is 0.231 e. The fourth-order valence-electron chi connectivity index (χ4n) is 2.51. The summed E-state index contributed by atoms with van der Waals surface area (Å²) in [6.45, 7) is 3.80. The Kier molecular flexibility index (Phi) is 4.11. The summed E-state index contributed by atoms with van der Waals surface area (Å²) in [5.74, 6) is 2.02. The van der Waals surface area contributed by atoms with Crippen molar-refractivity contribution in [1.82, 2.24) is 5.32 Å². The van der Waals surface area contributed by atoms with Crippen LogP contribution in [0.4, 0.5) is 0 Å². The number of rotatable bonds is 4. The van der Waals surface area contributed by atoms with Crippen LogP contribution in [0.2, 0.25) is 5.02 Å². The van der Waals surface area contributed by atoms with Gasteiger partial charge in [-0.3, -0.25) is 0 Å². The van der Waals surface area contributed by atoms with Crippen LogP contribution in [0, 0.1) is 5.92 Å². The lowest BCUT2D eigenvalue weighted by molar-refractivity contribution is 0.0547. The normalized spacial score (nSPS) is 21.6. The Morgan fingerprint density at radius 1 is 1.32 bits per heavy atom. The zero-order chi connectivity index (χ0) is 13.1. The number of nitrogens with one attached hydrogen (secondary N) is 1. The molecule has 0 aromatic heterocycles. The first-order chi connectivity index (χ1) is 9.33. The third kappa shape index (κ3) is 3.14. The highest BCUT2D eigenvalue weighted by molar-refractivity contribution is 6.32. The van der Waals surface area contributed by atoms with Crippen molar-refractivity contribution in [3.8, 4) is 11.5 Å². The first kappa shape index (κ1) is 13.0. The van der Waals surface area contributed by atoms with Crippen molar-refractivity contribution in [2.24, 2.45) is 5.92 Å². The van der Waals surface area contributed by atoms with Gasteiger partial charge in [0.1, 0.15) is 0 Å². The molecule has 1 fully saturated rings. The van der Waals surface area contributed by atoms with Crippen LogP contribution in [-0.2, 0) is 11.3 Å². The zero-order valence-corrected chi connectivity index (χ0v) is 11.5. The third-order valence-electron chi connectivity index (χ3n) is 3.50. The molecule has 19 heavy (non-hydrogen) atoms. The van der Waals surface area contributed by atoms with Crippen LogP contribution in [0.3, 0.4) is 0 Å². The van der Waals surface area contributed by atoms with Gasteiger partial charge in [-0.25, -0.2) is 0 Å². The summed E-state index contributed by atoms with van der Waals surface area (Å²) in [7, 11) is 0. The van der Waals surface area contributed by atoms with E-state index in [1.807, 2.05) is 12.1 Å². The summed E-state index contributed by atoms with van der Waals surface area (Å²) >= 11 is 6.15. The summed E-state index contributed by atoms with van der Waals surface area (Å²) in [5.41, 5.74) is 1.12. The van der Waals surface area contributed by atoms with Gasteiger partial charge in [-0.2, -0.15) is 0 Å². The van der Waals surface area contributed by atoms with E-state index >= 15 is 0 Å². The van der Waals surface area contributed by atoms with Gasteiger partial charge < -0.3 is 19.5 Å². The number of hydrogen-bond donors (Lipinski definition) is 1. The molecule has 1 saturated heterocycles. The van der Waals surface area contributed by atoms with Crippen LogP contribution in [0.25, 0.3) is 0 Å². The smallest absolute Gasteiger partial charge is 0.231 e. The van der Waals surface area contributed by atoms with Crippen LogP contribution >= 0.6 is 11.6 Å². The van der Waals surface area contributed by atoms with Crippen molar-refractivity contribution in [3.05, 3.63) is 22.7 Å². The predicted octanol–water partition coefficient (Wildman–Crippen LogP) is 2.58. The van der Waals surface area contributed by atoms with Crippen molar-refractivity contribution in [1.29, 1.82) is 0 Å². The Bertz CT molecular complexity index is 447. The fourth-order valence-corrected chi connectivity index (χ4v) is 2.80. The number of hydrogen-bond acceptors (Lipinski definition) is 4. The summed E-state index contributed by atoms with van der Waals surface area (Å²) in [4.78, 5) is 0. The van der Waals surface area contributed by atoms with E-state index in [1.54, 1.807) is 0 Å². The minimum absolute atomic E-state index is 0.255. The lowest BCUT2D eigenvalue weighted by atomic mass is 10.0. The first-order valence-electron chi connectivity index (χ1n) is 6.69. The third-order valence-corrected chi connectivity index (χ3v) is 3.78. The van der Waals surface area contributed by atoms with Crippen molar-refractivity contribution in [2.75, 3.05) is 26.6 Å². The molecule has 2 heterocycles. The van der Waals surface area contributed by atoms with Crippen LogP contribution in [-0.4, -0.2) is 26.6 Å². The molecule has 2 aliphatic heterocycles. The number of ether oxygens (including phenoxy) is 3. The zero-order valence-electron chi connectivity index (χ0n) is 10.8. The number of halogens is 1. The molecular weight excluding hydrogens is 266 g/mol. The molecule has 0 aliphatic carbocycles. The molecule has 104 valence electrons. The Morgan fingerprint density at radius 2 is 2.26 bits per heavy atom. The van der Waals surface area contributed by atoms with Gasteiger partial charge in [-0.05, 0) is 36.5 Å². The van der Waals surface area contributed by atoms with Gasteiger partial charge in [0.2, 0.25) is 6.79 Å². The van der Waals surface area contributed by atoms with Gasteiger partial charge in [0.15, 0.2) is 11.5 Å². The second-order valence-corrected chi connectivity index (χ2v) is 5.43. The van der Waals surface area contributed by atoms with E-state index in [0.29, 0.717) is 16.7 Å². The highest BCUT2D eigenvalue weighted by Gasteiger charge is 2.18. The Balaban J connectivity index is 1.54. The molecule has 0 bridgehead atoms. The number of benzene rings is 1. The van der Waals surface area contributed by atoms with Crippen molar-refractivity contribution in [3.63, 3.8) is 0 Å². The molecule has 0 saturated carbocycles. The molecule has 1 atom stereocenters. The lowest BCUT2D eigenvalue weighted by Crippen LogP contribution is -2.28. The Labute approximate surface area is 118 Å². The van der Waals surface area contributed by atoms with Gasteiger partial charge in [0.25, 0.3) is 0 Å². The Morgan fingerprint density at radius 3 is 3.11 bits per heavy atom. The Hall–Kier alpha value is -0.970. The van der Waals surface area contributed by atoms with Crippen LogP contribution in [0.1, 0.15) is 18.4 Å². The summed E-state index contributed by atoms with van der Waals surface area (Å²) in [6.07, 6.45) is 2.41. The molecule has 0 spiro atoms. The summed E-state index contributed by atoms with van der Waals surface area (Å²) in [5, 5.41) is 4.07. The highest BCUT2D eigenvalue weighted by atomic mass is 35.5. The van der Waals surface area contributed by atoms with Gasteiger partial charge in [-0.1, -0.05) is 11.6 Å². The van der Waals surface area contributed by atoms with Gasteiger partial charge in [0.05, 0.1) is 11.6 Å². The maximum atomic E-state index is 6.15. The van der Waals surface area contributed by atoms with Crippen LogP contribution in [0.15, 0.2) is 12.1 Å². The van der Waals surface area contributed by atoms with Gasteiger partial charge in [-0.15, -0.1) is 0 Å². The van der Waals surface area contributed by atoms with E-state index in [4.69, 9.17) is 25.8 Å². The molecule has 2 aliphatic rings. The quantitative estimate of drug-likeness (QED) is 0.922. The topological polar surface area (TPSA) is 39.7 Å². The average molecular weight is 284 g/mol. The predicted molar refractivity (Wildman–Crippen MR) is 72.8 cm³/mol. The molecule has 1 unspecified atom stereocenters. The SMILES string of the molecule is Clc1cc(CNCC2CCCOC2)cc2c1OCO2. The number of fused-ring (bicyclic) bond motifs is 1. The molecule has 1 aromatic carbocycles.